The lowest BCUT2D eigenvalue weighted by Gasteiger charge is -2.38. The summed E-state index contributed by atoms with van der Waals surface area (Å²) >= 11 is 8.45. The van der Waals surface area contributed by atoms with Crippen molar-refractivity contribution in [3.63, 3.8) is 0 Å². The highest BCUT2D eigenvalue weighted by atomic mass is 35.5. The Hall–Kier alpha value is -1.54. The summed E-state index contributed by atoms with van der Waals surface area (Å²) in [5.41, 5.74) is 1.43. The maximum Gasteiger partial charge on any atom is 0.303 e. The first-order chi connectivity index (χ1) is 16.4. The molecule has 3 rings (SSSR count). The van der Waals surface area contributed by atoms with Gasteiger partial charge in [0.1, 0.15) is 5.75 Å². The number of benzene rings is 1. The van der Waals surface area contributed by atoms with E-state index in [1.807, 2.05) is 30.0 Å². The number of hydrogen-bond acceptors (Lipinski definition) is 6. The summed E-state index contributed by atoms with van der Waals surface area (Å²) in [6.07, 6.45) is 5.74. The molecule has 0 aliphatic carbocycles. The molecule has 1 aliphatic heterocycles. The minimum atomic E-state index is -0.747. The maximum atomic E-state index is 11.6. The van der Waals surface area contributed by atoms with Gasteiger partial charge in [-0.05, 0) is 68.0 Å². The van der Waals surface area contributed by atoms with Crippen molar-refractivity contribution in [2.75, 3.05) is 38.2 Å². The number of ether oxygens (including phenoxy) is 1. The van der Waals surface area contributed by atoms with Crippen LogP contribution < -0.4 is 4.74 Å². The summed E-state index contributed by atoms with van der Waals surface area (Å²) in [7, 11) is 1.61. The number of carbonyl (C=O) groups is 1. The number of aliphatic carboxylic acids is 1. The van der Waals surface area contributed by atoms with Crippen LogP contribution in [-0.2, 0) is 4.79 Å². The summed E-state index contributed by atoms with van der Waals surface area (Å²) in [5, 5.41) is 21.8. The van der Waals surface area contributed by atoms with Gasteiger partial charge >= 0.3 is 5.97 Å². The van der Waals surface area contributed by atoms with Crippen molar-refractivity contribution in [2.45, 2.75) is 51.6 Å². The Morgan fingerprint density at radius 1 is 1.35 bits per heavy atom. The van der Waals surface area contributed by atoms with Crippen LogP contribution in [0.5, 0.6) is 5.75 Å². The minimum absolute atomic E-state index is 0.101. The largest absolute Gasteiger partial charge is 0.497 e. The molecule has 2 heterocycles. The van der Waals surface area contributed by atoms with Gasteiger partial charge in [0, 0.05) is 42.4 Å². The predicted molar refractivity (Wildman–Crippen MR) is 140 cm³/mol. The molecule has 1 fully saturated rings. The summed E-state index contributed by atoms with van der Waals surface area (Å²) < 4.78 is 5.35. The number of unbranched alkanes of at least 4 members (excludes halogenated alkanes) is 1. The van der Waals surface area contributed by atoms with Crippen molar-refractivity contribution in [2.24, 2.45) is 11.8 Å². The Kier molecular flexibility index (Phi) is 10.8. The van der Waals surface area contributed by atoms with Crippen molar-refractivity contribution < 1.29 is 19.7 Å². The van der Waals surface area contributed by atoms with Crippen molar-refractivity contribution in [3.05, 3.63) is 35.0 Å². The second kappa shape index (κ2) is 13.5. The number of halogens is 1. The highest BCUT2D eigenvalue weighted by Crippen LogP contribution is 2.37. The van der Waals surface area contributed by atoms with Gasteiger partial charge in [0.2, 0.25) is 0 Å². The van der Waals surface area contributed by atoms with E-state index < -0.39 is 12.1 Å². The van der Waals surface area contributed by atoms with E-state index in [0.29, 0.717) is 22.8 Å². The number of nitrogens with zero attached hydrogens (tertiary/aromatic N) is 2. The molecule has 0 radical (unpaired) electrons. The van der Waals surface area contributed by atoms with Gasteiger partial charge in [-0.3, -0.25) is 9.78 Å². The van der Waals surface area contributed by atoms with Crippen LogP contribution in [0.1, 0.15) is 57.1 Å². The number of carboxylic acids is 1. The Balaban J connectivity index is 1.63. The lowest BCUT2D eigenvalue weighted by molar-refractivity contribution is -0.139. The lowest BCUT2D eigenvalue weighted by Crippen LogP contribution is -2.42. The number of fused-ring (bicyclic) bond motifs is 1. The Labute approximate surface area is 212 Å². The Morgan fingerprint density at radius 3 is 2.91 bits per heavy atom. The molecule has 188 valence electrons. The van der Waals surface area contributed by atoms with Gasteiger partial charge in [0.05, 0.1) is 23.8 Å². The topological polar surface area (TPSA) is 82.9 Å². The molecule has 1 aromatic carbocycles. The first-order valence-electron chi connectivity index (χ1n) is 12.2. The van der Waals surface area contributed by atoms with E-state index in [4.69, 9.17) is 16.3 Å². The molecule has 3 unspecified atom stereocenters. The van der Waals surface area contributed by atoms with Crippen LogP contribution in [0.2, 0.25) is 5.02 Å². The number of likely N-dealkylation sites (tertiary alicyclic amines) is 1. The molecular weight excluding hydrogens is 472 g/mol. The average Bonchev–Trinajstić information content (AvgIpc) is 2.82. The molecule has 0 amide bonds. The summed E-state index contributed by atoms with van der Waals surface area (Å²) in [6.45, 7) is 5.03. The molecule has 1 saturated heterocycles. The number of methoxy groups -OCH3 is 1. The molecule has 0 bridgehead atoms. The van der Waals surface area contributed by atoms with Crippen LogP contribution in [0.4, 0.5) is 0 Å². The van der Waals surface area contributed by atoms with Crippen LogP contribution in [0.3, 0.4) is 0 Å². The fraction of sp³-hybridized carbons (Fsp3) is 0.615. The molecule has 34 heavy (non-hydrogen) atoms. The highest BCUT2D eigenvalue weighted by molar-refractivity contribution is 7.99. The number of pyridine rings is 1. The van der Waals surface area contributed by atoms with Gasteiger partial charge in [-0.25, -0.2) is 0 Å². The molecule has 3 atom stereocenters. The van der Waals surface area contributed by atoms with Gasteiger partial charge in [-0.15, -0.1) is 0 Å². The van der Waals surface area contributed by atoms with E-state index in [9.17, 15) is 15.0 Å². The van der Waals surface area contributed by atoms with Crippen LogP contribution in [-0.4, -0.2) is 64.3 Å². The van der Waals surface area contributed by atoms with Gasteiger partial charge in [0.15, 0.2) is 0 Å². The van der Waals surface area contributed by atoms with Crippen LogP contribution in [0, 0.1) is 11.8 Å². The van der Waals surface area contributed by atoms with E-state index in [1.54, 1.807) is 13.3 Å². The second-order valence-electron chi connectivity index (χ2n) is 9.17. The SMILES string of the molecule is CCCCSCCN1CCC(CCC(O)c2c(Cl)cnc3ccc(OC)cc23)C(CC(=O)O)C1. The molecule has 6 nitrogen and oxygen atoms in total. The number of piperidine rings is 1. The number of aliphatic hydroxyl groups is 1. The Bertz CT molecular complexity index is 944. The van der Waals surface area contributed by atoms with Gasteiger partial charge < -0.3 is 19.8 Å². The zero-order chi connectivity index (χ0) is 24.5. The summed E-state index contributed by atoms with van der Waals surface area (Å²) in [5.74, 6) is 2.61. The van der Waals surface area contributed by atoms with Crippen LogP contribution in [0.15, 0.2) is 24.4 Å². The fourth-order valence-corrected chi connectivity index (χ4v) is 6.25. The van der Waals surface area contributed by atoms with Gasteiger partial charge in [-0.1, -0.05) is 24.9 Å². The normalized spacial score (nSPS) is 19.9. The summed E-state index contributed by atoms with van der Waals surface area (Å²) in [6, 6.07) is 5.56. The number of hydrogen-bond donors (Lipinski definition) is 2. The number of thioether (sulfide) groups is 1. The van der Waals surface area contributed by atoms with E-state index in [1.165, 1.54) is 18.6 Å². The zero-order valence-corrected chi connectivity index (χ0v) is 21.8. The maximum absolute atomic E-state index is 11.6. The van der Waals surface area contributed by atoms with E-state index in [2.05, 4.69) is 16.8 Å². The van der Waals surface area contributed by atoms with E-state index >= 15 is 0 Å². The molecular formula is C26H37ClN2O4S. The lowest BCUT2D eigenvalue weighted by atomic mass is 9.79. The average molecular weight is 509 g/mol. The molecule has 8 heteroatoms. The zero-order valence-electron chi connectivity index (χ0n) is 20.2. The third-order valence-corrected chi connectivity index (χ3v) is 8.17. The molecule has 0 saturated carbocycles. The standard InChI is InChI=1S/C26H37ClN2O4S/c1-3-4-12-34-13-11-29-10-9-18(19(17-29)14-25(31)32)5-8-24(30)26-21-15-20(33-2)6-7-23(21)28-16-22(26)27/h6-7,15-16,18-19,24,30H,3-5,8-14,17H2,1-2H3,(H,31,32). The van der Waals surface area contributed by atoms with Crippen LogP contribution >= 0.6 is 23.4 Å². The van der Waals surface area contributed by atoms with Crippen LogP contribution in [0.25, 0.3) is 10.9 Å². The van der Waals surface area contributed by atoms with Gasteiger partial charge in [0.25, 0.3) is 0 Å². The Morgan fingerprint density at radius 2 is 2.18 bits per heavy atom. The smallest absolute Gasteiger partial charge is 0.303 e. The van der Waals surface area contributed by atoms with Crippen molar-refractivity contribution in [1.82, 2.24) is 9.88 Å². The molecule has 2 N–H and O–H groups in total. The first-order valence-corrected chi connectivity index (χ1v) is 13.8. The third-order valence-electron chi connectivity index (χ3n) is 6.82. The van der Waals surface area contributed by atoms with E-state index in [-0.39, 0.29) is 18.3 Å². The number of aromatic nitrogens is 1. The molecule has 1 aromatic heterocycles. The quantitative estimate of drug-likeness (QED) is 0.338. The number of aliphatic hydroxyl groups excluding tert-OH is 1. The first kappa shape index (κ1) is 27.1. The predicted octanol–water partition coefficient (Wildman–Crippen LogP) is 5.66. The summed E-state index contributed by atoms with van der Waals surface area (Å²) in [4.78, 5) is 18.3. The highest BCUT2D eigenvalue weighted by Gasteiger charge is 2.31. The third kappa shape index (κ3) is 7.48. The van der Waals surface area contributed by atoms with Crippen molar-refractivity contribution >= 4 is 40.2 Å². The van der Waals surface area contributed by atoms with Crippen molar-refractivity contribution in [1.29, 1.82) is 0 Å². The second-order valence-corrected chi connectivity index (χ2v) is 10.8. The van der Waals surface area contributed by atoms with Crippen molar-refractivity contribution in [3.8, 4) is 5.75 Å². The number of carboxylic acid groups (broad SMARTS) is 1. The van der Waals surface area contributed by atoms with E-state index in [0.717, 1.165) is 49.1 Å². The molecule has 0 spiro atoms. The molecule has 2 aromatic rings. The monoisotopic (exact) mass is 508 g/mol. The minimum Gasteiger partial charge on any atom is -0.497 e. The van der Waals surface area contributed by atoms with Gasteiger partial charge in [-0.2, -0.15) is 11.8 Å². The number of rotatable bonds is 13. The fourth-order valence-electron chi connectivity index (χ4n) is 4.89. The molecule has 1 aliphatic rings.